The topological polar surface area (TPSA) is 50.1 Å². The summed E-state index contributed by atoms with van der Waals surface area (Å²) in [6, 6.07) is 8.73. The molecule has 0 saturated heterocycles. The molecule has 1 aromatic rings. The second-order valence-electron chi connectivity index (χ2n) is 2.60. The molecule has 0 aliphatic rings. The van der Waals surface area contributed by atoms with Crippen LogP contribution >= 0.6 is 0 Å². The molecule has 0 aliphatic heterocycles. The van der Waals surface area contributed by atoms with Gasteiger partial charge >= 0.3 is 5.97 Å². The molecule has 0 aromatic heterocycles. The Morgan fingerprint density at radius 3 is 2.62 bits per heavy atom. The Kier molecular flexibility index (Phi) is 3.04. The molecule has 0 N–H and O–H groups in total. The van der Waals surface area contributed by atoms with E-state index < -0.39 is 5.97 Å². The Morgan fingerprint density at radius 2 is 2.08 bits per heavy atom. The number of ether oxygens (including phenoxy) is 1. The molecule has 0 heterocycles. The molecule has 3 nitrogen and oxygen atoms in total. The third-order valence-electron chi connectivity index (χ3n) is 1.56. The van der Waals surface area contributed by atoms with Crippen LogP contribution in [0.3, 0.4) is 0 Å². The van der Waals surface area contributed by atoms with Crippen LogP contribution in [0.2, 0.25) is 0 Å². The number of nitrogens with zero attached hydrogens (tertiary/aromatic N) is 1. The van der Waals surface area contributed by atoms with Gasteiger partial charge in [0.15, 0.2) is 6.61 Å². The molecular weight excluding hydrogens is 166 g/mol. The van der Waals surface area contributed by atoms with E-state index in [1.807, 2.05) is 19.1 Å². The molecule has 0 spiro atoms. The zero-order valence-corrected chi connectivity index (χ0v) is 7.28. The summed E-state index contributed by atoms with van der Waals surface area (Å²) < 4.78 is 4.62. The van der Waals surface area contributed by atoms with Gasteiger partial charge in [0, 0.05) is 0 Å². The summed E-state index contributed by atoms with van der Waals surface area (Å²) in [5.74, 6) is -0.457. The lowest BCUT2D eigenvalue weighted by molar-refractivity contribution is 0.0555. The largest absolute Gasteiger partial charge is 0.447 e. The minimum absolute atomic E-state index is 0.202. The van der Waals surface area contributed by atoms with Crippen LogP contribution in [0, 0.1) is 18.3 Å². The first-order chi connectivity index (χ1) is 6.24. The van der Waals surface area contributed by atoms with Crippen molar-refractivity contribution in [1.82, 2.24) is 0 Å². The third-order valence-corrected chi connectivity index (χ3v) is 1.56. The number of carbonyl (C=O) groups excluding carboxylic acids is 1. The predicted octanol–water partition coefficient (Wildman–Crippen LogP) is 1.68. The van der Waals surface area contributed by atoms with Crippen molar-refractivity contribution in [3.63, 3.8) is 0 Å². The van der Waals surface area contributed by atoms with E-state index in [9.17, 15) is 4.79 Å². The van der Waals surface area contributed by atoms with E-state index >= 15 is 0 Å². The fourth-order valence-electron chi connectivity index (χ4n) is 0.871. The van der Waals surface area contributed by atoms with Gasteiger partial charge in [0.05, 0.1) is 5.56 Å². The SMILES string of the molecule is Cc1ccc(C(=O)OCC#N)cc1. The maximum absolute atomic E-state index is 11.1. The molecule has 1 rings (SSSR count). The summed E-state index contributed by atoms with van der Waals surface area (Å²) in [7, 11) is 0. The van der Waals surface area contributed by atoms with Gasteiger partial charge in [-0.1, -0.05) is 17.7 Å². The highest BCUT2D eigenvalue weighted by molar-refractivity contribution is 5.89. The lowest BCUT2D eigenvalue weighted by atomic mass is 10.1. The molecule has 0 amide bonds. The van der Waals surface area contributed by atoms with Gasteiger partial charge in [0.2, 0.25) is 0 Å². The van der Waals surface area contributed by atoms with E-state index in [1.165, 1.54) is 0 Å². The number of hydrogen-bond acceptors (Lipinski definition) is 3. The highest BCUT2D eigenvalue weighted by Crippen LogP contribution is 2.04. The van der Waals surface area contributed by atoms with Gasteiger partial charge in [0.1, 0.15) is 6.07 Å². The fraction of sp³-hybridized carbons (Fsp3) is 0.200. The van der Waals surface area contributed by atoms with Crippen LogP contribution in [0.15, 0.2) is 24.3 Å². The standard InChI is InChI=1S/C10H9NO2/c1-8-2-4-9(5-3-8)10(12)13-7-6-11/h2-5H,7H2,1H3. The van der Waals surface area contributed by atoms with E-state index in [0.717, 1.165) is 5.56 Å². The summed E-state index contributed by atoms with van der Waals surface area (Å²) in [5, 5.41) is 8.18. The van der Waals surface area contributed by atoms with Gasteiger partial charge in [-0.2, -0.15) is 5.26 Å². The first kappa shape index (κ1) is 9.27. The van der Waals surface area contributed by atoms with Gasteiger partial charge in [-0.3, -0.25) is 0 Å². The van der Waals surface area contributed by atoms with Crippen molar-refractivity contribution >= 4 is 5.97 Å². The number of nitriles is 1. The van der Waals surface area contributed by atoms with Gasteiger partial charge in [-0.15, -0.1) is 0 Å². The predicted molar refractivity (Wildman–Crippen MR) is 47.1 cm³/mol. The Hall–Kier alpha value is -1.82. The Bertz CT molecular complexity index is 335. The zero-order chi connectivity index (χ0) is 9.68. The van der Waals surface area contributed by atoms with Gasteiger partial charge in [0.25, 0.3) is 0 Å². The molecule has 1 aromatic carbocycles. The first-order valence-corrected chi connectivity index (χ1v) is 3.85. The van der Waals surface area contributed by atoms with Crippen molar-refractivity contribution in [3.8, 4) is 6.07 Å². The number of benzene rings is 1. The Balaban J connectivity index is 2.68. The molecular formula is C10H9NO2. The van der Waals surface area contributed by atoms with Crippen LogP contribution in [0.4, 0.5) is 0 Å². The first-order valence-electron chi connectivity index (χ1n) is 3.85. The van der Waals surface area contributed by atoms with Crippen molar-refractivity contribution in [1.29, 1.82) is 5.26 Å². The van der Waals surface area contributed by atoms with Crippen LogP contribution in [0.25, 0.3) is 0 Å². The van der Waals surface area contributed by atoms with Gasteiger partial charge in [-0.05, 0) is 19.1 Å². The summed E-state index contributed by atoms with van der Waals surface area (Å²) >= 11 is 0. The molecule has 0 bridgehead atoms. The van der Waals surface area contributed by atoms with Crippen LogP contribution in [-0.2, 0) is 4.74 Å². The van der Waals surface area contributed by atoms with Crippen molar-refractivity contribution in [2.75, 3.05) is 6.61 Å². The van der Waals surface area contributed by atoms with Crippen molar-refractivity contribution in [2.24, 2.45) is 0 Å². The minimum Gasteiger partial charge on any atom is -0.447 e. The quantitative estimate of drug-likeness (QED) is 0.642. The maximum Gasteiger partial charge on any atom is 0.339 e. The fourth-order valence-corrected chi connectivity index (χ4v) is 0.871. The van der Waals surface area contributed by atoms with Crippen LogP contribution in [0.1, 0.15) is 15.9 Å². The molecule has 0 saturated carbocycles. The normalized spacial score (nSPS) is 8.92. The number of rotatable bonds is 2. The third kappa shape index (κ3) is 2.60. The highest BCUT2D eigenvalue weighted by atomic mass is 16.5. The molecule has 0 atom stereocenters. The number of carbonyl (C=O) groups is 1. The van der Waals surface area contributed by atoms with Crippen LogP contribution < -0.4 is 0 Å². The van der Waals surface area contributed by atoms with Crippen LogP contribution in [-0.4, -0.2) is 12.6 Å². The van der Waals surface area contributed by atoms with E-state index in [4.69, 9.17) is 5.26 Å². The van der Waals surface area contributed by atoms with E-state index in [2.05, 4.69) is 4.74 Å². The van der Waals surface area contributed by atoms with Crippen LogP contribution in [0.5, 0.6) is 0 Å². The highest BCUT2D eigenvalue weighted by Gasteiger charge is 2.04. The molecule has 13 heavy (non-hydrogen) atoms. The van der Waals surface area contributed by atoms with Crippen molar-refractivity contribution in [3.05, 3.63) is 35.4 Å². The van der Waals surface area contributed by atoms with E-state index in [1.54, 1.807) is 18.2 Å². The lowest BCUT2D eigenvalue weighted by Gasteiger charge is -1.99. The second kappa shape index (κ2) is 4.27. The molecule has 0 radical (unpaired) electrons. The van der Waals surface area contributed by atoms with Gasteiger partial charge in [-0.25, -0.2) is 4.79 Å². The van der Waals surface area contributed by atoms with Crippen molar-refractivity contribution < 1.29 is 9.53 Å². The Morgan fingerprint density at radius 1 is 1.46 bits per heavy atom. The monoisotopic (exact) mass is 175 g/mol. The number of aryl methyl sites for hydroxylation is 1. The molecule has 0 aliphatic carbocycles. The molecule has 0 fully saturated rings. The lowest BCUT2D eigenvalue weighted by Crippen LogP contribution is -2.04. The minimum atomic E-state index is -0.457. The summed E-state index contributed by atoms with van der Waals surface area (Å²) in [5.41, 5.74) is 1.55. The summed E-state index contributed by atoms with van der Waals surface area (Å²) in [4.78, 5) is 11.1. The molecule has 66 valence electrons. The summed E-state index contributed by atoms with van der Waals surface area (Å²) in [6.07, 6.45) is 0. The number of hydrogen-bond donors (Lipinski definition) is 0. The maximum atomic E-state index is 11.1. The number of esters is 1. The van der Waals surface area contributed by atoms with E-state index in [0.29, 0.717) is 5.56 Å². The average Bonchev–Trinajstić information content (AvgIpc) is 2.15. The van der Waals surface area contributed by atoms with Crippen molar-refractivity contribution in [2.45, 2.75) is 6.92 Å². The average molecular weight is 175 g/mol. The summed E-state index contributed by atoms with van der Waals surface area (Å²) in [6.45, 7) is 1.73. The van der Waals surface area contributed by atoms with Gasteiger partial charge < -0.3 is 4.74 Å². The smallest absolute Gasteiger partial charge is 0.339 e. The Labute approximate surface area is 76.6 Å². The second-order valence-corrected chi connectivity index (χ2v) is 2.60. The molecule has 3 heteroatoms. The van der Waals surface area contributed by atoms with E-state index in [-0.39, 0.29) is 6.61 Å². The molecule has 0 unspecified atom stereocenters. The zero-order valence-electron chi connectivity index (χ0n) is 7.28.